The molecule has 0 saturated heterocycles. The Labute approximate surface area is 115 Å². The summed E-state index contributed by atoms with van der Waals surface area (Å²) in [5, 5.41) is 0. The van der Waals surface area contributed by atoms with E-state index in [1.165, 1.54) is 12.0 Å². The van der Waals surface area contributed by atoms with Gasteiger partial charge in [-0.2, -0.15) is 0 Å². The highest BCUT2D eigenvalue weighted by atomic mass is 16.2. The molecule has 1 aromatic rings. The maximum atomic E-state index is 12.2. The van der Waals surface area contributed by atoms with Crippen LogP contribution in [0.15, 0.2) is 24.3 Å². The summed E-state index contributed by atoms with van der Waals surface area (Å²) < 4.78 is 0. The Balaban J connectivity index is 1.92. The van der Waals surface area contributed by atoms with Crippen molar-refractivity contribution < 1.29 is 4.79 Å². The third-order valence-electron chi connectivity index (χ3n) is 4.28. The van der Waals surface area contributed by atoms with Gasteiger partial charge in [0, 0.05) is 19.0 Å². The van der Waals surface area contributed by atoms with Crippen molar-refractivity contribution in [2.45, 2.75) is 32.6 Å². The van der Waals surface area contributed by atoms with E-state index in [0.717, 1.165) is 24.9 Å². The van der Waals surface area contributed by atoms with Gasteiger partial charge in [0.05, 0.1) is 6.42 Å². The summed E-state index contributed by atoms with van der Waals surface area (Å²) >= 11 is 0. The van der Waals surface area contributed by atoms with Gasteiger partial charge in [-0.1, -0.05) is 36.2 Å². The number of rotatable bonds is 5. The van der Waals surface area contributed by atoms with Gasteiger partial charge in [-0.15, -0.1) is 0 Å². The maximum Gasteiger partial charge on any atom is 0.226 e. The third-order valence-corrected chi connectivity index (χ3v) is 4.28. The summed E-state index contributed by atoms with van der Waals surface area (Å²) in [5.41, 5.74) is 8.33. The number of nitrogens with zero attached hydrogens (tertiary/aromatic N) is 1. The van der Waals surface area contributed by atoms with Crippen molar-refractivity contribution in [2.75, 3.05) is 20.1 Å². The van der Waals surface area contributed by atoms with Crippen LogP contribution in [0.1, 0.15) is 30.4 Å². The number of hydrogen-bond acceptors (Lipinski definition) is 2. The van der Waals surface area contributed by atoms with Crippen LogP contribution in [0.25, 0.3) is 0 Å². The van der Waals surface area contributed by atoms with Crippen molar-refractivity contribution in [3.63, 3.8) is 0 Å². The third kappa shape index (κ3) is 3.35. The summed E-state index contributed by atoms with van der Waals surface area (Å²) in [5.74, 6) is 0.185. The second kappa shape index (κ2) is 5.74. The lowest BCUT2D eigenvalue weighted by Crippen LogP contribution is -2.47. The molecule has 0 unspecified atom stereocenters. The fourth-order valence-corrected chi connectivity index (χ4v) is 2.83. The lowest BCUT2D eigenvalue weighted by Gasteiger charge is -2.43. The SMILES string of the molecule is Cc1cccc(CC(=O)N(C)CC2(CN)CCC2)c1. The van der Waals surface area contributed by atoms with E-state index in [-0.39, 0.29) is 11.3 Å². The zero-order valence-electron chi connectivity index (χ0n) is 12.0. The largest absolute Gasteiger partial charge is 0.345 e. The Bertz CT molecular complexity index is 446. The number of likely N-dealkylation sites (N-methyl/N-ethyl adjacent to an activating group) is 1. The molecule has 0 spiro atoms. The Morgan fingerprint density at radius 3 is 2.68 bits per heavy atom. The molecule has 104 valence electrons. The summed E-state index contributed by atoms with van der Waals surface area (Å²) in [6.07, 6.45) is 4.05. The Kier molecular flexibility index (Phi) is 4.25. The topological polar surface area (TPSA) is 46.3 Å². The highest BCUT2D eigenvalue weighted by Gasteiger charge is 2.37. The van der Waals surface area contributed by atoms with Gasteiger partial charge in [0.1, 0.15) is 0 Å². The molecule has 3 nitrogen and oxygen atoms in total. The van der Waals surface area contributed by atoms with Gasteiger partial charge in [0.15, 0.2) is 0 Å². The molecule has 0 bridgehead atoms. The molecule has 0 aliphatic heterocycles. The first-order valence-electron chi connectivity index (χ1n) is 7.04. The molecule has 0 radical (unpaired) electrons. The van der Waals surface area contributed by atoms with E-state index in [2.05, 4.69) is 19.1 Å². The molecule has 1 aromatic carbocycles. The van der Waals surface area contributed by atoms with Crippen molar-refractivity contribution in [3.05, 3.63) is 35.4 Å². The van der Waals surface area contributed by atoms with Crippen molar-refractivity contribution in [2.24, 2.45) is 11.1 Å². The van der Waals surface area contributed by atoms with Gasteiger partial charge in [-0.3, -0.25) is 4.79 Å². The molecule has 2 rings (SSSR count). The molecule has 2 N–H and O–H groups in total. The number of aryl methyl sites for hydroxylation is 1. The van der Waals surface area contributed by atoms with Crippen LogP contribution in [0, 0.1) is 12.3 Å². The van der Waals surface area contributed by atoms with Gasteiger partial charge in [-0.25, -0.2) is 0 Å². The molecule has 1 amide bonds. The lowest BCUT2D eigenvalue weighted by molar-refractivity contribution is -0.131. The van der Waals surface area contributed by atoms with E-state index in [1.54, 1.807) is 0 Å². The number of carbonyl (C=O) groups is 1. The fourth-order valence-electron chi connectivity index (χ4n) is 2.83. The molecule has 1 fully saturated rings. The first-order valence-corrected chi connectivity index (χ1v) is 7.04. The van der Waals surface area contributed by atoms with Gasteiger partial charge >= 0.3 is 0 Å². The number of carbonyl (C=O) groups excluding carboxylic acids is 1. The smallest absolute Gasteiger partial charge is 0.226 e. The predicted octanol–water partition coefficient (Wildman–Crippen LogP) is 2.12. The van der Waals surface area contributed by atoms with Crippen LogP contribution in [0.5, 0.6) is 0 Å². The predicted molar refractivity (Wildman–Crippen MR) is 77.9 cm³/mol. The molecule has 0 aromatic heterocycles. The Hall–Kier alpha value is -1.35. The molecular weight excluding hydrogens is 236 g/mol. The van der Waals surface area contributed by atoms with Crippen molar-refractivity contribution in [1.82, 2.24) is 4.90 Å². The van der Waals surface area contributed by atoms with E-state index in [9.17, 15) is 4.79 Å². The fraction of sp³-hybridized carbons (Fsp3) is 0.562. The monoisotopic (exact) mass is 260 g/mol. The van der Waals surface area contributed by atoms with E-state index in [4.69, 9.17) is 5.73 Å². The normalized spacial score (nSPS) is 16.8. The van der Waals surface area contributed by atoms with Gasteiger partial charge in [0.25, 0.3) is 0 Å². The number of amides is 1. The van der Waals surface area contributed by atoms with Gasteiger partial charge in [0.2, 0.25) is 5.91 Å². The molecule has 1 aliphatic carbocycles. The zero-order valence-corrected chi connectivity index (χ0v) is 12.0. The minimum Gasteiger partial charge on any atom is -0.345 e. The second-order valence-electron chi connectivity index (χ2n) is 5.97. The molecule has 19 heavy (non-hydrogen) atoms. The van der Waals surface area contributed by atoms with E-state index < -0.39 is 0 Å². The van der Waals surface area contributed by atoms with E-state index in [1.807, 2.05) is 24.1 Å². The van der Waals surface area contributed by atoms with E-state index in [0.29, 0.717) is 13.0 Å². The molecule has 0 atom stereocenters. The van der Waals surface area contributed by atoms with Gasteiger partial charge < -0.3 is 10.6 Å². The average Bonchev–Trinajstić information content (AvgIpc) is 2.33. The minimum atomic E-state index is 0.185. The Morgan fingerprint density at radius 1 is 1.42 bits per heavy atom. The number of nitrogens with two attached hydrogens (primary N) is 1. The molecule has 1 saturated carbocycles. The summed E-state index contributed by atoms with van der Waals surface area (Å²) in [7, 11) is 1.90. The van der Waals surface area contributed by atoms with Crippen LogP contribution in [-0.2, 0) is 11.2 Å². The summed E-state index contributed by atoms with van der Waals surface area (Å²) in [4.78, 5) is 14.1. The van der Waals surface area contributed by atoms with Crippen molar-refractivity contribution >= 4 is 5.91 Å². The first-order chi connectivity index (χ1) is 9.04. The van der Waals surface area contributed by atoms with Crippen LogP contribution < -0.4 is 5.73 Å². The average molecular weight is 260 g/mol. The Morgan fingerprint density at radius 2 is 2.16 bits per heavy atom. The highest BCUT2D eigenvalue weighted by Crippen LogP contribution is 2.40. The number of benzene rings is 1. The van der Waals surface area contributed by atoms with Gasteiger partial charge in [-0.05, 0) is 31.9 Å². The quantitative estimate of drug-likeness (QED) is 0.881. The molecular formula is C16H24N2O. The number of hydrogen-bond donors (Lipinski definition) is 1. The van der Waals surface area contributed by atoms with Crippen LogP contribution >= 0.6 is 0 Å². The summed E-state index contributed by atoms with van der Waals surface area (Å²) in [6.45, 7) is 3.54. The standard InChI is InChI=1S/C16H24N2O/c1-13-5-3-6-14(9-13)10-15(19)18(2)12-16(11-17)7-4-8-16/h3,5-6,9H,4,7-8,10-12,17H2,1-2H3. The van der Waals surface area contributed by atoms with E-state index >= 15 is 0 Å². The van der Waals surface area contributed by atoms with Crippen LogP contribution in [0.2, 0.25) is 0 Å². The zero-order chi connectivity index (χ0) is 13.9. The lowest BCUT2D eigenvalue weighted by atomic mass is 9.68. The van der Waals surface area contributed by atoms with Crippen molar-refractivity contribution in [1.29, 1.82) is 0 Å². The highest BCUT2D eigenvalue weighted by molar-refractivity contribution is 5.78. The van der Waals surface area contributed by atoms with Crippen molar-refractivity contribution in [3.8, 4) is 0 Å². The second-order valence-corrected chi connectivity index (χ2v) is 5.97. The maximum absolute atomic E-state index is 12.2. The van der Waals surface area contributed by atoms with Crippen LogP contribution in [0.4, 0.5) is 0 Å². The van der Waals surface area contributed by atoms with Crippen LogP contribution in [0.3, 0.4) is 0 Å². The minimum absolute atomic E-state index is 0.185. The molecule has 3 heteroatoms. The first kappa shape index (κ1) is 14.1. The molecule has 1 aliphatic rings. The van der Waals surface area contributed by atoms with Crippen LogP contribution in [-0.4, -0.2) is 30.9 Å². The molecule has 0 heterocycles. The summed E-state index contributed by atoms with van der Waals surface area (Å²) in [6, 6.07) is 8.15.